The first-order valence-electron chi connectivity index (χ1n) is 7.82. The molecule has 120 valence electrons. The highest BCUT2D eigenvalue weighted by Crippen LogP contribution is 2.16. The number of para-hydroxylation sites is 1. The van der Waals surface area contributed by atoms with Crippen molar-refractivity contribution in [2.45, 2.75) is 32.7 Å². The van der Waals surface area contributed by atoms with Gasteiger partial charge in [-0.2, -0.15) is 0 Å². The zero-order valence-electron chi connectivity index (χ0n) is 13.5. The van der Waals surface area contributed by atoms with Gasteiger partial charge in [0.1, 0.15) is 6.42 Å². The minimum absolute atomic E-state index is 0.126. The van der Waals surface area contributed by atoms with E-state index in [2.05, 4.69) is 10.6 Å². The highest BCUT2D eigenvalue weighted by Gasteiger charge is 2.14. The molecule has 2 N–H and O–H groups in total. The van der Waals surface area contributed by atoms with E-state index in [4.69, 9.17) is 0 Å². The Kier molecular flexibility index (Phi) is 5.92. The van der Waals surface area contributed by atoms with Crippen LogP contribution in [0.1, 0.15) is 37.4 Å². The van der Waals surface area contributed by atoms with Crippen LogP contribution in [0.3, 0.4) is 0 Å². The maximum atomic E-state index is 12.0. The summed E-state index contributed by atoms with van der Waals surface area (Å²) in [5.41, 5.74) is 2.83. The van der Waals surface area contributed by atoms with Gasteiger partial charge in [0.15, 0.2) is 0 Å². The number of nitrogens with one attached hydrogen (secondary N) is 2. The van der Waals surface area contributed by atoms with Gasteiger partial charge < -0.3 is 10.6 Å². The van der Waals surface area contributed by atoms with E-state index in [0.29, 0.717) is 0 Å². The lowest BCUT2D eigenvalue weighted by atomic mass is 10.1. The second kappa shape index (κ2) is 8.13. The molecule has 2 aromatic rings. The number of aryl methyl sites for hydroxylation is 1. The van der Waals surface area contributed by atoms with Crippen molar-refractivity contribution in [2.24, 2.45) is 0 Å². The van der Waals surface area contributed by atoms with Crippen LogP contribution in [0.15, 0.2) is 54.6 Å². The van der Waals surface area contributed by atoms with E-state index in [1.165, 1.54) is 0 Å². The quantitative estimate of drug-likeness (QED) is 0.803. The summed E-state index contributed by atoms with van der Waals surface area (Å²) in [6, 6.07) is 17.2. The molecule has 0 saturated carbocycles. The molecule has 0 aliphatic rings. The van der Waals surface area contributed by atoms with Gasteiger partial charge in [0.2, 0.25) is 11.8 Å². The van der Waals surface area contributed by atoms with Gasteiger partial charge in [-0.05, 0) is 30.5 Å². The molecule has 1 unspecified atom stereocenters. The van der Waals surface area contributed by atoms with Gasteiger partial charge in [-0.3, -0.25) is 9.59 Å². The number of benzene rings is 2. The molecule has 4 nitrogen and oxygen atoms in total. The van der Waals surface area contributed by atoms with E-state index in [1.54, 1.807) is 0 Å². The van der Waals surface area contributed by atoms with E-state index in [0.717, 1.165) is 23.2 Å². The number of anilines is 1. The lowest BCUT2D eigenvalue weighted by molar-refractivity contribution is -0.127. The Labute approximate surface area is 136 Å². The monoisotopic (exact) mass is 310 g/mol. The van der Waals surface area contributed by atoms with Crippen LogP contribution in [0.2, 0.25) is 0 Å². The number of carbonyl (C=O) groups excluding carboxylic acids is 2. The fraction of sp³-hybridized carbons (Fsp3) is 0.263. The normalized spacial score (nSPS) is 11.6. The third kappa shape index (κ3) is 4.95. The van der Waals surface area contributed by atoms with Crippen molar-refractivity contribution in [2.75, 3.05) is 5.32 Å². The Bertz CT molecular complexity index is 668. The van der Waals surface area contributed by atoms with Crippen LogP contribution in [0.4, 0.5) is 5.69 Å². The topological polar surface area (TPSA) is 58.2 Å². The molecule has 0 aliphatic heterocycles. The summed E-state index contributed by atoms with van der Waals surface area (Å²) in [4.78, 5) is 24.0. The van der Waals surface area contributed by atoms with Crippen LogP contribution in [-0.2, 0) is 16.0 Å². The zero-order chi connectivity index (χ0) is 16.7. The van der Waals surface area contributed by atoms with Gasteiger partial charge in [0.25, 0.3) is 0 Å². The minimum Gasteiger partial charge on any atom is -0.349 e. The summed E-state index contributed by atoms with van der Waals surface area (Å²) in [7, 11) is 0. The standard InChI is InChI=1S/C19H22N2O2/c1-3-15-9-7-8-12-17(15)21-19(23)13-18(22)20-14(2)16-10-5-4-6-11-16/h4-12,14H,3,13H2,1-2H3,(H,20,22)(H,21,23). The number of amides is 2. The Morgan fingerprint density at radius 3 is 2.30 bits per heavy atom. The summed E-state index contributed by atoms with van der Waals surface area (Å²) < 4.78 is 0. The van der Waals surface area contributed by atoms with Gasteiger partial charge in [-0.15, -0.1) is 0 Å². The molecule has 0 aromatic heterocycles. The molecule has 0 bridgehead atoms. The maximum absolute atomic E-state index is 12.0. The first-order chi connectivity index (χ1) is 11.1. The molecule has 4 heteroatoms. The average molecular weight is 310 g/mol. The summed E-state index contributed by atoms with van der Waals surface area (Å²) in [5.74, 6) is -0.587. The number of carbonyl (C=O) groups is 2. The Hall–Kier alpha value is -2.62. The van der Waals surface area contributed by atoms with Gasteiger partial charge >= 0.3 is 0 Å². The zero-order valence-corrected chi connectivity index (χ0v) is 13.5. The fourth-order valence-corrected chi connectivity index (χ4v) is 2.41. The van der Waals surface area contributed by atoms with Crippen molar-refractivity contribution in [3.8, 4) is 0 Å². The molecular formula is C19H22N2O2. The van der Waals surface area contributed by atoms with Crippen LogP contribution in [0, 0.1) is 0 Å². The van der Waals surface area contributed by atoms with Crippen molar-refractivity contribution < 1.29 is 9.59 Å². The molecule has 0 fully saturated rings. The smallest absolute Gasteiger partial charge is 0.233 e. The number of hydrogen-bond donors (Lipinski definition) is 2. The molecule has 0 radical (unpaired) electrons. The third-order valence-corrected chi connectivity index (χ3v) is 3.67. The summed E-state index contributed by atoms with van der Waals surface area (Å²) >= 11 is 0. The van der Waals surface area contributed by atoms with Crippen molar-refractivity contribution in [3.05, 3.63) is 65.7 Å². The molecule has 1 atom stereocenters. The van der Waals surface area contributed by atoms with E-state index in [-0.39, 0.29) is 24.3 Å². The molecule has 0 saturated heterocycles. The van der Waals surface area contributed by atoms with Crippen molar-refractivity contribution in [1.82, 2.24) is 5.32 Å². The predicted octanol–water partition coefficient (Wildman–Crippen LogP) is 3.46. The van der Waals surface area contributed by atoms with Gasteiger partial charge in [-0.1, -0.05) is 55.5 Å². The third-order valence-electron chi connectivity index (χ3n) is 3.67. The van der Waals surface area contributed by atoms with Crippen LogP contribution in [0.25, 0.3) is 0 Å². The molecule has 0 aliphatic carbocycles. The van der Waals surface area contributed by atoms with Crippen LogP contribution in [0.5, 0.6) is 0 Å². The lowest BCUT2D eigenvalue weighted by Crippen LogP contribution is -2.30. The van der Waals surface area contributed by atoms with Crippen molar-refractivity contribution in [3.63, 3.8) is 0 Å². The predicted molar refractivity (Wildman–Crippen MR) is 92.1 cm³/mol. The lowest BCUT2D eigenvalue weighted by Gasteiger charge is -2.14. The second-order valence-electron chi connectivity index (χ2n) is 5.44. The van der Waals surface area contributed by atoms with Crippen LogP contribution < -0.4 is 10.6 Å². The molecular weight excluding hydrogens is 288 g/mol. The molecule has 0 spiro atoms. The Morgan fingerprint density at radius 1 is 0.957 bits per heavy atom. The second-order valence-corrected chi connectivity index (χ2v) is 5.44. The van der Waals surface area contributed by atoms with Gasteiger partial charge in [0, 0.05) is 5.69 Å². The van der Waals surface area contributed by atoms with E-state index >= 15 is 0 Å². The molecule has 0 heterocycles. The Balaban J connectivity index is 1.89. The summed E-state index contributed by atoms with van der Waals surface area (Å²) in [5, 5.41) is 5.65. The fourth-order valence-electron chi connectivity index (χ4n) is 2.41. The SMILES string of the molecule is CCc1ccccc1NC(=O)CC(=O)NC(C)c1ccccc1. The van der Waals surface area contributed by atoms with E-state index in [1.807, 2.05) is 68.4 Å². The molecule has 2 rings (SSSR count). The Morgan fingerprint density at radius 2 is 1.61 bits per heavy atom. The molecule has 2 amide bonds. The van der Waals surface area contributed by atoms with Gasteiger partial charge in [-0.25, -0.2) is 0 Å². The van der Waals surface area contributed by atoms with Gasteiger partial charge in [0.05, 0.1) is 6.04 Å². The number of rotatable bonds is 6. The van der Waals surface area contributed by atoms with E-state index in [9.17, 15) is 9.59 Å². The van der Waals surface area contributed by atoms with Crippen LogP contribution in [-0.4, -0.2) is 11.8 Å². The molecule has 23 heavy (non-hydrogen) atoms. The van der Waals surface area contributed by atoms with Crippen molar-refractivity contribution in [1.29, 1.82) is 0 Å². The first-order valence-corrected chi connectivity index (χ1v) is 7.82. The highest BCUT2D eigenvalue weighted by molar-refractivity contribution is 6.03. The largest absolute Gasteiger partial charge is 0.349 e. The maximum Gasteiger partial charge on any atom is 0.233 e. The van der Waals surface area contributed by atoms with Crippen molar-refractivity contribution >= 4 is 17.5 Å². The van der Waals surface area contributed by atoms with Crippen LogP contribution >= 0.6 is 0 Å². The summed E-state index contributed by atoms with van der Waals surface area (Å²) in [6.45, 7) is 3.93. The molecule has 2 aromatic carbocycles. The van der Waals surface area contributed by atoms with E-state index < -0.39 is 0 Å². The first kappa shape index (κ1) is 16.7. The summed E-state index contributed by atoms with van der Waals surface area (Å²) in [6.07, 6.45) is 0.642. The highest BCUT2D eigenvalue weighted by atomic mass is 16.2. The average Bonchev–Trinajstić information content (AvgIpc) is 2.55. The number of hydrogen-bond acceptors (Lipinski definition) is 2. The minimum atomic E-state index is -0.302.